The molecule has 4 saturated carbocycles. The van der Waals surface area contributed by atoms with Crippen molar-refractivity contribution in [3.05, 3.63) is 11.7 Å². The van der Waals surface area contributed by atoms with Crippen LogP contribution in [0, 0.1) is 30.1 Å². The monoisotopic (exact) mass is 261 g/mol. The summed E-state index contributed by atoms with van der Waals surface area (Å²) in [6.45, 7) is 1.85. The Labute approximate surface area is 114 Å². The highest BCUT2D eigenvalue weighted by Gasteiger charge is 2.51. The lowest BCUT2D eigenvalue weighted by molar-refractivity contribution is -0.0617. The van der Waals surface area contributed by atoms with Gasteiger partial charge in [0.15, 0.2) is 5.82 Å². The van der Waals surface area contributed by atoms with Crippen LogP contribution in [0.4, 0.5) is 0 Å². The van der Waals surface area contributed by atoms with Crippen LogP contribution >= 0.6 is 0 Å². The smallest absolute Gasteiger partial charge is 0.243 e. The first-order valence-electron chi connectivity index (χ1n) is 7.68. The number of hydrogen-bond donors (Lipinski definition) is 1. The molecule has 5 rings (SSSR count). The summed E-state index contributed by atoms with van der Waals surface area (Å²) >= 11 is 0. The fourth-order valence-electron chi connectivity index (χ4n) is 5.56. The topological polar surface area (TPSA) is 64.9 Å². The van der Waals surface area contributed by atoms with Gasteiger partial charge in [-0.15, -0.1) is 0 Å². The number of aryl methyl sites for hydroxylation is 1. The molecule has 0 amide bonds. The second-order valence-corrected chi connectivity index (χ2v) is 7.41. The lowest BCUT2D eigenvalue weighted by Gasteiger charge is -2.57. The Kier molecular flexibility index (Phi) is 2.53. The molecule has 0 saturated heterocycles. The Morgan fingerprint density at radius 1 is 1.21 bits per heavy atom. The van der Waals surface area contributed by atoms with Gasteiger partial charge in [0.1, 0.15) is 0 Å². The van der Waals surface area contributed by atoms with E-state index in [2.05, 4.69) is 10.1 Å². The zero-order valence-corrected chi connectivity index (χ0v) is 11.6. The summed E-state index contributed by atoms with van der Waals surface area (Å²) in [4.78, 5) is 4.31. The molecule has 1 heterocycles. The molecule has 19 heavy (non-hydrogen) atoms. The van der Waals surface area contributed by atoms with Crippen LogP contribution in [0.5, 0.6) is 0 Å². The van der Waals surface area contributed by atoms with Crippen LogP contribution in [0.25, 0.3) is 0 Å². The Morgan fingerprint density at radius 2 is 1.79 bits per heavy atom. The van der Waals surface area contributed by atoms with Crippen molar-refractivity contribution in [2.75, 3.05) is 0 Å². The lowest BCUT2D eigenvalue weighted by Crippen LogP contribution is -2.47. The van der Waals surface area contributed by atoms with Gasteiger partial charge in [0, 0.05) is 0 Å². The van der Waals surface area contributed by atoms with E-state index in [1.165, 1.54) is 38.5 Å². The van der Waals surface area contributed by atoms with E-state index in [0.717, 1.165) is 24.2 Å². The van der Waals surface area contributed by atoms with Gasteiger partial charge in [0.2, 0.25) is 5.89 Å². The normalized spacial score (nSPS) is 41.7. The van der Waals surface area contributed by atoms with Crippen LogP contribution in [0.15, 0.2) is 4.52 Å². The van der Waals surface area contributed by atoms with Crippen molar-refractivity contribution in [3.63, 3.8) is 0 Å². The van der Waals surface area contributed by atoms with Crippen molar-refractivity contribution in [2.24, 2.45) is 28.9 Å². The number of rotatable bonds is 3. The molecule has 0 radical (unpaired) electrons. The average molecular weight is 261 g/mol. The van der Waals surface area contributed by atoms with Crippen molar-refractivity contribution < 1.29 is 4.52 Å². The first-order valence-corrected chi connectivity index (χ1v) is 7.68. The molecule has 4 fully saturated rings. The summed E-state index contributed by atoms with van der Waals surface area (Å²) in [7, 11) is 0. The first kappa shape index (κ1) is 11.9. The summed E-state index contributed by atoms with van der Waals surface area (Å²) in [5.41, 5.74) is 6.82. The van der Waals surface area contributed by atoms with Gasteiger partial charge in [0.25, 0.3) is 0 Å². The van der Waals surface area contributed by atoms with Gasteiger partial charge >= 0.3 is 0 Å². The molecule has 0 aliphatic heterocycles. The molecule has 1 aromatic heterocycles. The van der Waals surface area contributed by atoms with E-state index in [1.807, 2.05) is 6.92 Å². The second-order valence-electron chi connectivity index (χ2n) is 7.41. The van der Waals surface area contributed by atoms with Crippen molar-refractivity contribution in [1.29, 1.82) is 0 Å². The molecule has 4 heteroatoms. The van der Waals surface area contributed by atoms with Crippen molar-refractivity contribution in [3.8, 4) is 0 Å². The zero-order chi connectivity index (χ0) is 13.0. The lowest BCUT2D eigenvalue weighted by atomic mass is 9.48. The van der Waals surface area contributed by atoms with Gasteiger partial charge in [-0.25, -0.2) is 0 Å². The van der Waals surface area contributed by atoms with E-state index in [9.17, 15) is 0 Å². The van der Waals surface area contributed by atoms with Crippen LogP contribution in [-0.2, 0) is 0 Å². The van der Waals surface area contributed by atoms with Crippen molar-refractivity contribution in [2.45, 2.75) is 57.9 Å². The Morgan fingerprint density at radius 3 is 2.26 bits per heavy atom. The van der Waals surface area contributed by atoms with Gasteiger partial charge in [-0.05, 0) is 75.0 Å². The fraction of sp³-hybridized carbons (Fsp3) is 0.867. The number of aromatic nitrogens is 2. The summed E-state index contributed by atoms with van der Waals surface area (Å²) < 4.78 is 5.25. The molecule has 1 aromatic rings. The molecule has 4 nitrogen and oxygen atoms in total. The number of nitrogens with zero attached hydrogens (tertiary/aromatic N) is 2. The minimum absolute atomic E-state index is 0.0718. The molecular weight excluding hydrogens is 238 g/mol. The standard InChI is InChI=1S/C15H23N3O/c1-9-17-14(19-18-9)13(16)8-15-5-10-2-11(6-15)4-12(3-10)7-15/h10-13H,2-8,16H2,1H3. The van der Waals surface area contributed by atoms with Crippen LogP contribution in [-0.4, -0.2) is 10.1 Å². The van der Waals surface area contributed by atoms with Crippen molar-refractivity contribution >= 4 is 0 Å². The number of hydrogen-bond acceptors (Lipinski definition) is 4. The molecule has 4 aliphatic rings. The summed E-state index contributed by atoms with van der Waals surface area (Å²) in [5, 5.41) is 3.87. The molecule has 2 N–H and O–H groups in total. The third kappa shape index (κ3) is 2.00. The maximum Gasteiger partial charge on any atom is 0.243 e. The van der Waals surface area contributed by atoms with Gasteiger partial charge in [-0.2, -0.15) is 4.98 Å². The Hall–Kier alpha value is -0.900. The molecule has 4 aliphatic carbocycles. The SMILES string of the molecule is Cc1noc(C(N)CC23CC4CC(CC(C4)C2)C3)n1. The van der Waals surface area contributed by atoms with Gasteiger partial charge < -0.3 is 10.3 Å². The third-order valence-electron chi connectivity index (χ3n) is 5.68. The predicted molar refractivity (Wildman–Crippen MR) is 71.2 cm³/mol. The Bertz CT molecular complexity index is 446. The Balaban J connectivity index is 1.53. The molecule has 104 valence electrons. The highest BCUT2D eigenvalue weighted by Crippen LogP contribution is 2.62. The summed E-state index contributed by atoms with van der Waals surface area (Å²) in [5.74, 6) is 4.25. The minimum Gasteiger partial charge on any atom is -0.338 e. The van der Waals surface area contributed by atoms with Gasteiger partial charge in [0.05, 0.1) is 6.04 Å². The summed E-state index contributed by atoms with van der Waals surface area (Å²) in [6, 6.07) is -0.0718. The van der Waals surface area contributed by atoms with Crippen LogP contribution < -0.4 is 5.73 Å². The van der Waals surface area contributed by atoms with Crippen LogP contribution in [0.1, 0.15) is 62.7 Å². The molecule has 1 unspecified atom stereocenters. The maximum atomic E-state index is 6.33. The van der Waals surface area contributed by atoms with E-state index < -0.39 is 0 Å². The van der Waals surface area contributed by atoms with Crippen LogP contribution in [0.2, 0.25) is 0 Å². The van der Waals surface area contributed by atoms with E-state index >= 15 is 0 Å². The number of nitrogens with two attached hydrogens (primary N) is 1. The fourth-order valence-corrected chi connectivity index (χ4v) is 5.56. The van der Waals surface area contributed by atoms with Gasteiger partial charge in [-0.3, -0.25) is 0 Å². The summed E-state index contributed by atoms with van der Waals surface area (Å²) in [6.07, 6.45) is 9.65. The van der Waals surface area contributed by atoms with E-state index in [1.54, 1.807) is 0 Å². The van der Waals surface area contributed by atoms with E-state index in [4.69, 9.17) is 10.3 Å². The third-order valence-corrected chi connectivity index (χ3v) is 5.68. The average Bonchev–Trinajstić information content (AvgIpc) is 2.73. The molecule has 1 atom stereocenters. The molecule has 0 spiro atoms. The highest BCUT2D eigenvalue weighted by molar-refractivity contribution is 5.04. The largest absolute Gasteiger partial charge is 0.338 e. The zero-order valence-electron chi connectivity index (χ0n) is 11.6. The van der Waals surface area contributed by atoms with Crippen molar-refractivity contribution in [1.82, 2.24) is 10.1 Å². The highest BCUT2D eigenvalue weighted by atomic mass is 16.5. The molecule has 4 bridgehead atoms. The first-order chi connectivity index (χ1) is 9.12. The van der Waals surface area contributed by atoms with E-state index in [-0.39, 0.29) is 6.04 Å². The quantitative estimate of drug-likeness (QED) is 0.908. The van der Waals surface area contributed by atoms with Gasteiger partial charge in [-0.1, -0.05) is 5.16 Å². The molecular formula is C15H23N3O. The predicted octanol–water partition coefficient (Wildman–Crippen LogP) is 2.98. The van der Waals surface area contributed by atoms with Crippen LogP contribution in [0.3, 0.4) is 0 Å². The second kappa shape index (κ2) is 4.05. The maximum absolute atomic E-state index is 6.33. The van der Waals surface area contributed by atoms with E-state index in [0.29, 0.717) is 17.1 Å². The minimum atomic E-state index is -0.0718. The molecule has 0 aromatic carbocycles.